The van der Waals surface area contributed by atoms with Crippen LogP contribution in [0.15, 0.2) is 59.9 Å². The van der Waals surface area contributed by atoms with Gasteiger partial charge in [0.05, 0.1) is 30.7 Å². The molecule has 7 nitrogen and oxygen atoms in total. The lowest BCUT2D eigenvalue weighted by Crippen LogP contribution is -2.42. The predicted octanol–water partition coefficient (Wildman–Crippen LogP) is 4.60. The van der Waals surface area contributed by atoms with Gasteiger partial charge in [-0.1, -0.05) is 12.1 Å². The minimum atomic E-state index is -0.946. The third-order valence-corrected chi connectivity index (χ3v) is 6.67. The number of amidine groups is 1. The van der Waals surface area contributed by atoms with E-state index in [1.165, 1.54) is 6.20 Å². The number of nitrogens with zero attached hydrogens (tertiary/aromatic N) is 3. The Hall–Kier alpha value is -3.62. The molecule has 0 unspecified atom stereocenters. The molecule has 0 saturated heterocycles. The van der Waals surface area contributed by atoms with E-state index in [4.69, 9.17) is 29.9 Å². The van der Waals surface area contributed by atoms with Gasteiger partial charge in [0.25, 0.3) is 0 Å². The van der Waals surface area contributed by atoms with Crippen molar-refractivity contribution in [2.75, 3.05) is 19.8 Å². The minimum Gasteiger partial charge on any atom is -0.455 e. The van der Waals surface area contributed by atoms with Crippen molar-refractivity contribution in [3.05, 3.63) is 77.6 Å². The number of halogens is 1. The van der Waals surface area contributed by atoms with Gasteiger partial charge in [0.1, 0.15) is 23.7 Å². The van der Waals surface area contributed by atoms with Crippen LogP contribution in [0.3, 0.4) is 0 Å². The molecule has 178 valence electrons. The first-order valence-electron chi connectivity index (χ1n) is 11.5. The Morgan fingerprint density at radius 3 is 2.71 bits per heavy atom. The number of pyridine rings is 2. The number of nitrogens with two attached hydrogens (primary N) is 1. The predicted molar refractivity (Wildman–Crippen MR) is 130 cm³/mol. The van der Waals surface area contributed by atoms with E-state index in [1.54, 1.807) is 18.3 Å². The highest BCUT2D eigenvalue weighted by molar-refractivity contribution is 5.84. The summed E-state index contributed by atoms with van der Waals surface area (Å²) in [5, 5.41) is 0. The molecule has 3 aromatic rings. The number of hydrogen-bond acceptors (Lipinski definition) is 7. The lowest BCUT2D eigenvalue weighted by Gasteiger charge is -2.39. The average molecular weight is 473 g/mol. The van der Waals surface area contributed by atoms with Crippen LogP contribution in [0.5, 0.6) is 11.5 Å². The Bertz CT molecular complexity index is 1400. The van der Waals surface area contributed by atoms with Gasteiger partial charge in [-0.15, -0.1) is 0 Å². The van der Waals surface area contributed by atoms with E-state index in [-0.39, 0.29) is 18.8 Å². The standard InChI is InChI=1S/C27H25FN4O3/c1-26(2)12-17(7-9-34-26)21-11-20-23(13-31-21)35-22-6-5-16(18-4-3-8-30-25(18)28)10-19(22)27(20)15-33-14-24(29)32-27/h3-8,10-11,13H,9,12,14-15H2,1-2H3,(H2,29,32)/t27-/m0/s1. The van der Waals surface area contributed by atoms with Crippen LogP contribution in [0.4, 0.5) is 4.39 Å². The van der Waals surface area contributed by atoms with Crippen molar-refractivity contribution in [2.45, 2.75) is 31.4 Å². The molecule has 2 aromatic heterocycles. The lowest BCUT2D eigenvalue weighted by atomic mass is 9.79. The molecule has 2 N–H and O–H groups in total. The summed E-state index contributed by atoms with van der Waals surface area (Å²) in [6, 6.07) is 10.9. The van der Waals surface area contributed by atoms with Crippen molar-refractivity contribution in [3.63, 3.8) is 0 Å². The second-order valence-corrected chi connectivity index (χ2v) is 9.65. The van der Waals surface area contributed by atoms with Crippen LogP contribution in [-0.4, -0.2) is 41.2 Å². The topological polar surface area (TPSA) is 91.9 Å². The second kappa shape index (κ2) is 7.96. The number of hydrogen-bond donors (Lipinski definition) is 1. The summed E-state index contributed by atoms with van der Waals surface area (Å²) in [4.78, 5) is 13.4. The SMILES string of the molecule is CC1(C)CC(c2cc3c(cn2)Oc2ccc(-c4cccnc4F)cc2[C@@]32COCC(N)=N2)=CCO1. The van der Waals surface area contributed by atoms with Crippen molar-refractivity contribution in [2.24, 2.45) is 10.7 Å². The summed E-state index contributed by atoms with van der Waals surface area (Å²) in [6.07, 6.45) is 5.95. The molecule has 1 atom stereocenters. The maximum atomic E-state index is 14.5. The summed E-state index contributed by atoms with van der Waals surface area (Å²) in [6.45, 7) is 5.18. The quantitative estimate of drug-likeness (QED) is 0.548. The maximum Gasteiger partial charge on any atom is 0.220 e. The summed E-state index contributed by atoms with van der Waals surface area (Å²) < 4.78 is 32.6. The number of aliphatic imine (C=N–C) groups is 1. The number of rotatable bonds is 2. The van der Waals surface area contributed by atoms with Crippen LogP contribution in [-0.2, 0) is 15.0 Å². The van der Waals surface area contributed by atoms with Gasteiger partial charge in [0.15, 0.2) is 5.75 Å². The molecule has 0 saturated carbocycles. The van der Waals surface area contributed by atoms with Crippen LogP contribution in [0.25, 0.3) is 16.7 Å². The molecule has 0 radical (unpaired) electrons. The van der Waals surface area contributed by atoms with Crippen LogP contribution in [0.2, 0.25) is 0 Å². The van der Waals surface area contributed by atoms with Gasteiger partial charge < -0.3 is 19.9 Å². The van der Waals surface area contributed by atoms with Crippen molar-refractivity contribution >= 4 is 11.4 Å². The number of ether oxygens (including phenoxy) is 3. The maximum absolute atomic E-state index is 14.5. The van der Waals surface area contributed by atoms with E-state index >= 15 is 0 Å². The van der Waals surface area contributed by atoms with Gasteiger partial charge in [-0.2, -0.15) is 4.39 Å². The van der Waals surface area contributed by atoms with Crippen molar-refractivity contribution in [1.29, 1.82) is 0 Å². The Labute approximate surface area is 202 Å². The summed E-state index contributed by atoms with van der Waals surface area (Å²) in [7, 11) is 0. The monoisotopic (exact) mass is 472 g/mol. The highest BCUT2D eigenvalue weighted by atomic mass is 19.1. The number of benzene rings is 1. The molecule has 0 aliphatic carbocycles. The van der Waals surface area contributed by atoms with Crippen LogP contribution < -0.4 is 10.5 Å². The van der Waals surface area contributed by atoms with E-state index < -0.39 is 11.5 Å². The van der Waals surface area contributed by atoms with E-state index in [9.17, 15) is 4.39 Å². The molecule has 1 aromatic carbocycles. The molecule has 3 aliphatic rings. The second-order valence-electron chi connectivity index (χ2n) is 9.65. The van der Waals surface area contributed by atoms with Crippen LogP contribution in [0, 0.1) is 5.95 Å². The van der Waals surface area contributed by atoms with Gasteiger partial charge in [-0.25, -0.2) is 4.98 Å². The average Bonchev–Trinajstić information content (AvgIpc) is 2.84. The molecule has 0 bridgehead atoms. The van der Waals surface area contributed by atoms with Crippen LogP contribution in [0.1, 0.15) is 37.1 Å². The van der Waals surface area contributed by atoms with Gasteiger partial charge >= 0.3 is 0 Å². The minimum absolute atomic E-state index is 0.249. The summed E-state index contributed by atoms with van der Waals surface area (Å²) in [5.74, 6) is 1.05. The normalized spacial score (nSPS) is 22.5. The Balaban J connectivity index is 1.53. The van der Waals surface area contributed by atoms with Gasteiger partial charge in [-0.3, -0.25) is 9.98 Å². The van der Waals surface area contributed by atoms with Crippen LogP contribution >= 0.6 is 0 Å². The molecular weight excluding hydrogens is 447 g/mol. The fourth-order valence-electron chi connectivity index (χ4n) is 5.03. The Morgan fingerprint density at radius 2 is 1.91 bits per heavy atom. The zero-order chi connectivity index (χ0) is 24.2. The lowest BCUT2D eigenvalue weighted by molar-refractivity contribution is -0.00306. The number of fused-ring (bicyclic) bond motifs is 4. The van der Waals surface area contributed by atoms with Gasteiger partial charge in [0.2, 0.25) is 5.95 Å². The molecule has 0 amide bonds. The fourth-order valence-corrected chi connectivity index (χ4v) is 5.03. The van der Waals surface area contributed by atoms with E-state index in [0.717, 1.165) is 28.8 Å². The highest BCUT2D eigenvalue weighted by Gasteiger charge is 2.45. The van der Waals surface area contributed by atoms with Gasteiger partial charge in [0, 0.05) is 29.3 Å². The smallest absolute Gasteiger partial charge is 0.220 e. The Kier molecular flexibility index (Phi) is 4.98. The fraction of sp³-hybridized carbons (Fsp3) is 0.296. The molecule has 0 fully saturated rings. The van der Waals surface area contributed by atoms with Crippen molar-refractivity contribution < 1.29 is 18.6 Å². The van der Waals surface area contributed by atoms with E-state index in [0.29, 0.717) is 35.1 Å². The largest absolute Gasteiger partial charge is 0.455 e. The molecule has 1 spiro atoms. The summed E-state index contributed by atoms with van der Waals surface area (Å²) in [5.41, 5.74) is 9.56. The third-order valence-electron chi connectivity index (χ3n) is 6.67. The highest BCUT2D eigenvalue weighted by Crippen LogP contribution is 2.51. The first-order valence-corrected chi connectivity index (χ1v) is 11.5. The molecule has 5 heterocycles. The number of aromatic nitrogens is 2. The zero-order valence-electron chi connectivity index (χ0n) is 19.5. The van der Waals surface area contributed by atoms with E-state index in [2.05, 4.69) is 24.9 Å². The zero-order valence-corrected chi connectivity index (χ0v) is 19.5. The third kappa shape index (κ3) is 3.69. The molecule has 6 rings (SSSR count). The first kappa shape index (κ1) is 21.9. The molecule has 3 aliphatic heterocycles. The van der Waals surface area contributed by atoms with E-state index in [1.807, 2.05) is 24.3 Å². The first-order chi connectivity index (χ1) is 16.8. The Morgan fingerprint density at radius 1 is 1.06 bits per heavy atom. The molecular formula is C27H25FN4O3. The summed E-state index contributed by atoms with van der Waals surface area (Å²) >= 11 is 0. The van der Waals surface area contributed by atoms with Crippen molar-refractivity contribution in [3.8, 4) is 22.6 Å². The van der Waals surface area contributed by atoms with Gasteiger partial charge in [-0.05, 0) is 55.3 Å². The molecule has 8 heteroatoms. The molecule has 35 heavy (non-hydrogen) atoms. The van der Waals surface area contributed by atoms with Crippen molar-refractivity contribution in [1.82, 2.24) is 9.97 Å².